The van der Waals surface area contributed by atoms with E-state index in [1.54, 1.807) is 54.3 Å². The molecule has 1 aromatic heterocycles. The lowest BCUT2D eigenvalue weighted by molar-refractivity contribution is -0.149. The van der Waals surface area contributed by atoms with E-state index in [0.29, 0.717) is 58.9 Å². The molecule has 2 heterocycles. The van der Waals surface area contributed by atoms with Gasteiger partial charge in [-0.2, -0.15) is 9.78 Å². The van der Waals surface area contributed by atoms with E-state index in [-0.39, 0.29) is 29.2 Å². The number of aryl methyl sites for hydroxylation is 2. The fraction of sp³-hybridized carbons (Fsp3) is 0.294. The van der Waals surface area contributed by atoms with E-state index in [1.165, 1.54) is 22.0 Å². The number of rotatable bonds is 8. The molecule has 0 radical (unpaired) electrons. The first-order chi connectivity index (χ1) is 21.8. The van der Waals surface area contributed by atoms with Gasteiger partial charge in [0.15, 0.2) is 11.4 Å². The zero-order valence-corrected chi connectivity index (χ0v) is 26.2. The van der Waals surface area contributed by atoms with Crippen LogP contribution in [0.4, 0.5) is 11.4 Å². The number of anilines is 2. The summed E-state index contributed by atoms with van der Waals surface area (Å²) in [6.07, 6.45) is 6.05. The van der Waals surface area contributed by atoms with E-state index < -0.39 is 5.56 Å². The first-order valence-electron chi connectivity index (χ1n) is 15.0. The van der Waals surface area contributed by atoms with E-state index >= 15 is 0 Å². The number of hydrogen-bond acceptors (Lipinski definition) is 7. The zero-order chi connectivity index (χ0) is 31.5. The molecule has 0 saturated carbocycles. The number of carbonyl (C=O) groups is 2. The number of aromatic nitrogens is 2. The Labute approximate surface area is 270 Å². The number of benzene rings is 3. The lowest BCUT2D eigenvalue weighted by Crippen LogP contribution is -2.42. The minimum absolute atomic E-state index is 0.156. The van der Waals surface area contributed by atoms with E-state index in [0.717, 1.165) is 25.7 Å². The molecule has 1 atom stereocenters. The van der Waals surface area contributed by atoms with E-state index in [4.69, 9.17) is 32.7 Å². The highest BCUT2D eigenvalue weighted by Crippen LogP contribution is 2.33. The Morgan fingerprint density at radius 1 is 0.978 bits per heavy atom. The molecule has 11 heteroatoms. The van der Waals surface area contributed by atoms with Gasteiger partial charge in [0.25, 0.3) is 11.5 Å². The van der Waals surface area contributed by atoms with Crippen LogP contribution in [0.5, 0.6) is 11.5 Å². The third-order valence-electron chi connectivity index (χ3n) is 8.12. The van der Waals surface area contributed by atoms with Gasteiger partial charge in [-0.15, -0.1) is 0 Å². The highest BCUT2D eigenvalue weighted by molar-refractivity contribution is 6.42. The summed E-state index contributed by atoms with van der Waals surface area (Å²) in [5, 5.41) is 8.20. The molecule has 6 rings (SSSR count). The van der Waals surface area contributed by atoms with Crippen molar-refractivity contribution in [1.29, 1.82) is 0 Å². The van der Waals surface area contributed by atoms with Crippen LogP contribution in [-0.2, 0) is 22.4 Å². The number of esters is 1. The molecule has 9 nitrogen and oxygen atoms in total. The molecule has 2 aliphatic rings. The molecule has 1 aliphatic carbocycles. The third kappa shape index (κ3) is 6.70. The molecule has 0 spiro atoms. The first-order valence-corrected chi connectivity index (χ1v) is 15.8. The monoisotopic (exact) mass is 646 g/mol. The van der Waals surface area contributed by atoms with Crippen LogP contribution in [-0.4, -0.2) is 46.3 Å². The number of likely N-dealkylation sites (tertiary alicyclic amines) is 1. The molecule has 1 fully saturated rings. The van der Waals surface area contributed by atoms with Gasteiger partial charge >= 0.3 is 5.97 Å². The van der Waals surface area contributed by atoms with Crippen molar-refractivity contribution in [2.45, 2.75) is 39.0 Å². The summed E-state index contributed by atoms with van der Waals surface area (Å²) in [5.74, 6) is 0.0963. The smallest absolute Gasteiger partial charge is 0.310 e. The van der Waals surface area contributed by atoms with Gasteiger partial charge in [-0.25, -0.2) is 0 Å². The number of fused-ring (bicyclic) bond motifs is 1. The summed E-state index contributed by atoms with van der Waals surface area (Å²) in [6.45, 7) is 2.99. The fourth-order valence-corrected chi connectivity index (χ4v) is 6.10. The van der Waals surface area contributed by atoms with Crippen molar-refractivity contribution < 1.29 is 19.1 Å². The highest BCUT2D eigenvalue weighted by atomic mass is 35.5. The second-order valence-electron chi connectivity index (χ2n) is 11.1. The molecule has 3 aromatic carbocycles. The Kier molecular flexibility index (Phi) is 9.09. The van der Waals surface area contributed by atoms with Gasteiger partial charge in [-0.1, -0.05) is 29.3 Å². The lowest BCUT2D eigenvalue weighted by Gasteiger charge is -2.31. The van der Waals surface area contributed by atoms with Crippen LogP contribution in [0.15, 0.2) is 71.7 Å². The Bertz CT molecular complexity index is 1810. The summed E-state index contributed by atoms with van der Waals surface area (Å²) in [7, 11) is 0. The largest absolute Gasteiger partial charge is 0.466 e. The Morgan fingerprint density at radius 3 is 2.56 bits per heavy atom. The topological polar surface area (TPSA) is 103 Å². The van der Waals surface area contributed by atoms with Crippen LogP contribution in [0.3, 0.4) is 0 Å². The Morgan fingerprint density at radius 2 is 1.78 bits per heavy atom. The quantitative estimate of drug-likeness (QED) is 0.206. The van der Waals surface area contributed by atoms with Crippen molar-refractivity contribution in [2.24, 2.45) is 5.92 Å². The Hall–Kier alpha value is -4.34. The van der Waals surface area contributed by atoms with Crippen molar-refractivity contribution in [2.75, 3.05) is 25.0 Å². The standard InChI is InChI=1S/C34H32Cl2N4O5/c1-2-44-34(43)24-7-4-16-39(20-24)32(41)22-8-11-25(12-9-22)38-31-30(45-27-14-10-21-5-3-6-23(21)17-27)19-37-40(33(31)42)26-13-15-28(35)29(36)18-26/h8-15,17-19,24,38H,2-7,16,20H2,1H3/t24-/m1/s1. The molecule has 232 valence electrons. The minimum atomic E-state index is -0.467. The second kappa shape index (κ2) is 13.3. The zero-order valence-electron chi connectivity index (χ0n) is 24.7. The molecule has 1 saturated heterocycles. The predicted molar refractivity (Wildman–Crippen MR) is 173 cm³/mol. The van der Waals surface area contributed by atoms with Crippen molar-refractivity contribution in [1.82, 2.24) is 14.7 Å². The van der Waals surface area contributed by atoms with Crippen molar-refractivity contribution in [3.05, 3.63) is 104 Å². The molecular formula is C34H32Cl2N4O5. The number of piperidine rings is 1. The average molecular weight is 648 g/mol. The summed E-state index contributed by atoms with van der Waals surface area (Å²) in [6, 6.07) is 17.6. The van der Waals surface area contributed by atoms with Gasteiger partial charge in [0.05, 0.1) is 34.5 Å². The molecule has 4 aromatic rings. The van der Waals surface area contributed by atoms with Crippen LogP contribution in [0.2, 0.25) is 10.0 Å². The lowest BCUT2D eigenvalue weighted by atomic mass is 9.97. The molecule has 0 bridgehead atoms. The van der Waals surface area contributed by atoms with E-state index in [2.05, 4.69) is 16.5 Å². The number of ether oxygens (including phenoxy) is 2. The van der Waals surface area contributed by atoms with Crippen LogP contribution >= 0.6 is 23.2 Å². The average Bonchev–Trinajstić information content (AvgIpc) is 3.52. The number of nitrogens with zero attached hydrogens (tertiary/aromatic N) is 3. The Balaban J connectivity index is 1.27. The minimum Gasteiger partial charge on any atom is -0.466 e. The molecule has 1 N–H and O–H groups in total. The number of halogens is 2. The summed E-state index contributed by atoms with van der Waals surface area (Å²) < 4.78 is 12.6. The second-order valence-corrected chi connectivity index (χ2v) is 11.9. The summed E-state index contributed by atoms with van der Waals surface area (Å²) in [5.41, 5.74) is 3.71. The maximum atomic E-state index is 13.9. The third-order valence-corrected chi connectivity index (χ3v) is 8.86. The van der Waals surface area contributed by atoms with Crippen molar-refractivity contribution >= 4 is 46.5 Å². The van der Waals surface area contributed by atoms with Gasteiger partial charge in [0, 0.05) is 24.3 Å². The van der Waals surface area contributed by atoms with Gasteiger partial charge in [0.2, 0.25) is 0 Å². The number of nitrogens with one attached hydrogen (secondary N) is 1. The van der Waals surface area contributed by atoms with Gasteiger partial charge in [-0.3, -0.25) is 14.4 Å². The van der Waals surface area contributed by atoms with Crippen molar-refractivity contribution in [3.8, 4) is 17.2 Å². The number of amides is 1. The van der Waals surface area contributed by atoms with E-state index in [9.17, 15) is 14.4 Å². The van der Waals surface area contributed by atoms with Gasteiger partial charge < -0.3 is 19.7 Å². The summed E-state index contributed by atoms with van der Waals surface area (Å²) >= 11 is 12.3. The normalized spacial score (nSPS) is 15.8. The predicted octanol–water partition coefficient (Wildman–Crippen LogP) is 6.98. The van der Waals surface area contributed by atoms with Crippen LogP contribution in [0, 0.1) is 5.92 Å². The molecule has 0 unspecified atom stereocenters. The highest BCUT2D eigenvalue weighted by Gasteiger charge is 2.30. The van der Waals surface area contributed by atoms with Crippen molar-refractivity contribution in [3.63, 3.8) is 0 Å². The molecule has 1 amide bonds. The molecule has 1 aliphatic heterocycles. The number of hydrogen-bond donors (Lipinski definition) is 1. The summed E-state index contributed by atoms with van der Waals surface area (Å²) in [4.78, 5) is 41.1. The van der Waals surface area contributed by atoms with Crippen LogP contribution in [0.1, 0.15) is 47.7 Å². The fourth-order valence-electron chi connectivity index (χ4n) is 5.81. The maximum Gasteiger partial charge on any atom is 0.310 e. The maximum absolute atomic E-state index is 13.9. The molecule has 45 heavy (non-hydrogen) atoms. The van der Waals surface area contributed by atoms with Crippen LogP contribution < -0.4 is 15.6 Å². The SMILES string of the molecule is CCOC(=O)[C@@H]1CCCN(C(=O)c2ccc(Nc3c(Oc4ccc5c(c4)CCC5)cnn(-c4ccc(Cl)c(Cl)c4)c3=O)cc2)C1. The van der Waals surface area contributed by atoms with Gasteiger partial charge in [0.1, 0.15) is 5.75 Å². The van der Waals surface area contributed by atoms with Crippen LogP contribution in [0.25, 0.3) is 5.69 Å². The van der Waals surface area contributed by atoms with E-state index in [1.807, 2.05) is 12.1 Å². The molecular weight excluding hydrogens is 615 g/mol. The van der Waals surface area contributed by atoms with Gasteiger partial charge in [-0.05, 0) is 105 Å². The first kappa shape index (κ1) is 30.7. The number of carbonyl (C=O) groups excluding carboxylic acids is 2.